The largest absolute Gasteiger partial charge is 0.479 e. The minimum atomic E-state index is -4.48. The van der Waals surface area contributed by atoms with Gasteiger partial charge in [0.2, 0.25) is 0 Å². The quantitative estimate of drug-likeness (QED) is 0.185. The lowest BCUT2D eigenvalue weighted by Crippen LogP contribution is -2.25. The van der Waals surface area contributed by atoms with Crippen molar-refractivity contribution < 1.29 is 27.8 Å². The summed E-state index contributed by atoms with van der Waals surface area (Å²) < 4.78 is 48.2. The second kappa shape index (κ2) is 12.7. The van der Waals surface area contributed by atoms with Crippen LogP contribution in [-0.2, 0) is 23.8 Å². The van der Waals surface area contributed by atoms with Crippen molar-refractivity contribution in [2.45, 2.75) is 51.9 Å². The van der Waals surface area contributed by atoms with Gasteiger partial charge in [0.15, 0.2) is 6.10 Å². The van der Waals surface area contributed by atoms with Gasteiger partial charge in [0.25, 0.3) is 0 Å². The number of alkyl halides is 3. The SMILES string of the molecule is C=C(C)NC(Cc1ccnn1-c1ccc(C(F)(F)F)cc1Cc1ccccc1)c1ccc(OC(C)C(=O)O)c(Cl)c1C. The molecule has 0 amide bonds. The fraction of sp³-hybridized carbons (Fsp3) is 0.250. The molecule has 1 aromatic heterocycles. The molecule has 2 N–H and O–H groups in total. The number of allylic oxidation sites excluding steroid dienone is 1. The van der Waals surface area contributed by atoms with E-state index in [0.717, 1.165) is 22.9 Å². The number of hydrogen-bond acceptors (Lipinski definition) is 4. The smallest absolute Gasteiger partial charge is 0.416 e. The number of hydrogen-bond donors (Lipinski definition) is 2. The number of aromatic nitrogens is 2. The Labute approximate surface area is 247 Å². The van der Waals surface area contributed by atoms with Crippen LogP contribution in [0.1, 0.15) is 53.4 Å². The molecule has 0 spiro atoms. The second-order valence-corrected chi connectivity index (χ2v) is 10.5. The maximum Gasteiger partial charge on any atom is 0.416 e. The van der Waals surface area contributed by atoms with Gasteiger partial charge in [-0.05, 0) is 79.8 Å². The van der Waals surface area contributed by atoms with E-state index < -0.39 is 23.8 Å². The molecule has 3 aromatic carbocycles. The van der Waals surface area contributed by atoms with Crippen LogP contribution in [0.2, 0.25) is 5.02 Å². The third-order valence-corrected chi connectivity index (χ3v) is 7.32. The number of carboxylic acid groups (broad SMARTS) is 1. The Bertz CT molecular complexity index is 1590. The van der Waals surface area contributed by atoms with Gasteiger partial charge in [-0.25, -0.2) is 9.48 Å². The molecule has 2 atom stereocenters. The van der Waals surface area contributed by atoms with Crippen LogP contribution < -0.4 is 10.1 Å². The molecule has 10 heteroatoms. The Balaban J connectivity index is 1.73. The van der Waals surface area contributed by atoms with Crippen molar-refractivity contribution in [1.29, 1.82) is 0 Å². The van der Waals surface area contributed by atoms with Gasteiger partial charge in [0, 0.05) is 24.0 Å². The summed E-state index contributed by atoms with van der Waals surface area (Å²) in [5.74, 6) is -0.861. The van der Waals surface area contributed by atoms with E-state index in [2.05, 4.69) is 17.0 Å². The first kappa shape index (κ1) is 30.7. The highest BCUT2D eigenvalue weighted by atomic mass is 35.5. The number of benzene rings is 3. The molecule has 0 aliphatic heterocycles. The maximum absolute atomic E-state index is 13.7. The van der Waals surface area contributed by atoms with E-state index in [0.29, 0.717) is 28.9 Å². The van der Waals surface area contributed by atoms with Gasteiger partial charge in [-0.15, -0.1) is 0 Å². The highest BCUT2D eigenvalue weighted by molar-refractivity contribution is 6.33. The van der Waals surface area contributed by atoms with Gasteiger partial charge < -0.3 is 15.2 Å². The first-order chi connectivity index (χ1) is 19.8. The van der Waals surface area contributed by atoms with Crippen LogP contribution >= 0.6 is 11.6 Å². The molecule has 220 valence electrons. The van der Waals surface area contributed by atoms with Crippen molar-refractivity contribution in [2.75, 3.05) is 0 Å². The fourth-order valence-electron chi connectivity index (χ4n) is 4.76. The molecule has 0 bridgehead atoms. The van der Waals surface area contributed by atoms with Crippen LogP contribution in [0.15, 0.2) is 85.2 Å². The molecule has 0 radical (unpaired) electrons. The van der Waals surface area contributed by atoms with Gasteiger partial charge >= 0.3 is 12.1 Å². The van der Waals surface area contributed by atoms with E-state index in [-0.39, 0.29) is 23.2 Å². The molecule has 1 heterocycles. The van der Waals surface area contributed by atoms with E-state index in [1.54, 1.807) is 16.9 Å². The van der Waals surface area contributed by atoms with Crippen molar-refractivity contribution in [3.05, 3.63) is 124 Å². The average molecular weight is 598 g/mol. The summed E-state index contributed by atoms with van der Waals surface area (Å²) in [4.78, 5) is 11.3. The van der Waals surface area contributed by atoms with Crippen LogP contribution in [0, 0.1) is 6.92 Å². The van der Waals surface area contributed by atoms with Crippen LogP contribution in [0.25, 0.3) is 5.69 Å². The number of aliphatic carboxylic acids is 1. The number of nitrogens with one attached hydrogen (secondary N) is 1. The van der Waals surface area contributed by atoms with Crippen LogP contribution in [0.4, 0.5) is 13.2 Å². The fourth-order valence-corrected chi connectivity index (χ4v) is 4.97. The summed E-state index contributed by atoms with van der Waals surface area (Å²) in [5.41, 5.74) is 4.13. The van der Waals surface area contributed by atoms with Gasteiger partial charge in [-0.2, -0.15) is 18.3 Å². The topological polar surface area (TPSA) is 76.4 Å². The van der Waals surface area contributed by atoms with Crippen LogP contribution in [-0.4, -0.2) is 27.0 Å². The summed E-state index contributed by atoms with van der Waals surface area (Å²) in [5, 5.41) is 17.4. The summed E-state index contributed by atoms with van der Waals surface area (Å²) in [7, 11) is 0. The minimum Gasteiger partial charge on any atom is -0.479 e. The third-order valence-electron chi connectivity index (χ3n) is 6.85. The molecule has 2 unspecified atom stereocenters. The second-order valence-electron chi connectivity index (χ2n) is 10.1. The Morgan fingerprint density at radius 3 is 2.50 bits per heavy atom. The number of rotatable bonds is 11. The van der Waals surface area contributed by atoms with Crippen LogP contribution in [0.3, 0.4) is 0 Å². The first-order valence-electron chi connectivity index (χ1n) is 13.2. The molecule has 4 aromatic rings. The number of ether oxygens (including phenoxy) is 1. The standard InChI is InChI=1S/C32H31ClF3N3O3/c1-19(2)38-27(26-11-13-29(30(33)20(26)3)42-21(4)31(40)41)18-25-14-15-37-39(25)28-12-10-24(32(34,35)36)17-23(28)16-22-8-6-5-7-9-22/h5-15,17,21,27,38H,1,16,18H2,2-4H3,(H,40,41). The van der Waals surface area contributed by atoms with Crippen molar-refractivity contribution in [3.8, 4) is 11.4 Å². The third kappa shape index (κ3) is 7.15. The summed E-state index contributed by atoms with van der Waals surface area (Å²) in [6, 6.07) is 17.9. The predicted molar refractivity (Wildman–Crippen MR) is 156 cm³/mol. The predicted octanol–water partition coefficient (Wildman–Crippen LogP) is 7.70. The average Bonchev–Trinajstić information content (AvgIpc) is 3.38. The zero-order valence-corrected chi connectivity index (χ0v) is 24.1. The molecule has 4 rings (SSSR count). The first-order valence-corrected chi connectivity index (χ1v) is 13.6. The molecule has 0 saturated carbocycles. The zero-order chi connectivity index (χ0) is 30.6. The minimum absolute atomic E-state index is 0.252. The lowest BCUT2D eigenvalue weighted by molar-refractivity contribution is -0.144. The lowest BCUT2D eigenvalue weighted by Gasteiger charge is -2.25. The summed E-state index contributed by atoms with van der Waals surface area (Å²) in [6.45, 7) is 9.04. The maximum atomic E-state index is 13.7. The van der Waals surface area contributed by atoms with E-state index in [1.807, 2.05) is 56.3 Å². The van der Waals surface area contributed by atoms with E-state index >= 15 is 0 Å². The molecular formula is C32H31ClF3N3O3. The Morgan fingerprint density at radius 1 is 1.14 bits per heavy atom. The Morgan fingerprint density at radius 2 is 1.86 bits per heavy atom. The van der Waals surface area contributed by atoms with Crippen LogP contribution in [0.5, 0.6) is 5.75 Å². The van der Waals surface area contributed by atoms with Crippen molar-refractivity contribution in [2.24, 2.45) is 0 Å². The lowest BCUT2D eigenvalue weighted by atomic mass is 9.96. The zero-order valence-electron chi connectivity index (χ0n) is 23.4. The number of carbonyl (C=O) groups is 1. The highest BCUT2D eigenvalue weighted by Gasteiger charge is 2.31. The Kier molecular flexibility index (Phi) is 9.31. The number of carboxylic acids is 1. The van der Waals surface area contributed by atoms with E-state index in [4.69, 9.17) is 16.3 Å². The summed E-state index contributed by atoms with van der Waals surface area (Å²) in [6.07, 6.45) is -3.27. The molecule has 42 heavy (non-hydrogen) atoms. The van der Waals surface area contributed by atoms with Gasteiger partial charge in [0.05, 0.1) is 22.3 Å². The normalized spacial score (nSPS) is 12.9. The molecule has 0 aliphatic carbocycles. The number of nitrogens with zero attached hydrogens (tertiary/aromatic N) is 2. The van der Waals surface area contributed by atoms with Gasteiger partial charge in [0.1, 0.15) is 5.75 Å². The van der Waals surface area contributed by atoms with Crippen molar-refractivity contribution >= 4 is 17.6 Å². The van der Waals surface area contributed by atoms with Crippen molar-refractivity contribution in [1.82, 2.24) is 15.1 Å². The van der Waals surface area contributed by atoms with Gasteiger partial charge in [-0.1, -0.05) is 54.6 Å². The highest BCUT2D eigenvalue weighted by Crippen LogP contribution is 2.36. The Hall–Kier alpha value is -4.24. The molecule has 0 saturated heterocycles. The molecule has 0 fully saturated rings. The van der Waals surface area contributed by atoms with Crippen molar-refractivity contribution in [3.63, 3.8) is 0 Å². The van der Waals surface area contributed by atoms with E-state index in [1.165, 1.54) is 19.1 Å². The summed E-state index contributed by atoms with van der Waals surface area (Å²) >= 11 is 6.61. The van der Waals surface area contributed by atoms with E-state index in [9.17, 15) is 23.1 Å². The van der Waals surface area contributed by atoms with Gasteiger partial charge in [-0.3, -0.25) is 0 Å². The monoisotopic (exact) mass is 597 g/mol. The molecular weight excluding hydrogens is 567 g/mol. The molecule has 6 nitrogen and oxygen atoms in total. The number of halogens is 4. The molecule has 0 aliphatic rings.